The molecule has 0 aromatic heterocycles. The molecule has 2 amide bonds. The Labute approximate surface area is 386 Å². The van der Waals surface area contributed by atoms with Crippen LogP contribution in [0.5, 0.6) is 34.5 Å². The van der Waals surface area contributed by atoms with Gasteiger partial charge in [0.1, 0.15) is 34.6 Å². The van der Waals surface area contributed by atoms with Crippen LogP contribution < -0.4 is 33.7 Å². The lowest BCUT2D eigenvalue weighted by atomic mass is 9.55. The van der Waals surface area contributed by atoms with Crippen LogP contribution in [-0.4, -0.2) is 98.4 Å². The molecule has 66 heavy (non-hydrogen) atoms. The van der Waals surface area contributed by atoms with Crippen molar-refractivity contribution in [3.05, 3.63) is 90.0 Å². The molecule has 0 bridgehead atoms. The number of nitrogens with one attached hydrogen (secondary N) is 1. The van der Waals surface area contributed by atoms with E-state index < -0.39 is 35.5 Å². The lowest BCUT2D eigenvalue weighted by molar-refractivity contribution is -0.256. The average Bonchev–Trinajstić information content (AvgIpc) is 3.78. The second kappa shape index (κ2) is 21.1. The van der Waals surface area contributed by atoms with Gasteiger partial charge < -0.3 is 52.9 Å². The van der Waals surface area contributed by atoms with Crippen molar-refractivity contribution in [2.24, 2.45) is 22.9 Å². The van der Waals surface area contributed by atoms with E-state index in [1.165, 1.54) is 14.2 Å². The first-order chi connectivity index (χ1) is 31.9. The Balaban J connectivity index is 1.41. The Morgan fingerprint density at radius 1 is 0.924 bits per heavy atom. The van der Waals surface area contributed by atoms with Gasteiger partial charge >= 0.3 is 12.2 Å². The van der Waals surface area contributed by atoms with Gasteiger partial charge in [0, 0.05) is 43.7 Å². The number of hydrogen-bond donors (Lipinski definition) is 3. The molecule has 2 aliphatic heterocycles. The fourth-order valence-corrected chi connectivity index (χ4v) is 9.70. The van der Waals surface area contributed by atoms with E-state index in [1.807, 2.05) is 45.0 Å². The summed E-state index contributed by atoms with van der Waals surface area (Å²) in [5.74, 6) is 0.219. The fraction of sp³-hybridized carbons (Fsp3) is 0.500. The van der Waals surface area contributed by atoms with E-state index in [9.17, 15) is 19.8 Å². The van der Waals surface area contributed by atoms with Crippen molar-refractivity contribution < 1.29 is 62.5 Å². The minimum atomic E-state index is -1.56. The summed E-state index contributed by atoms with van der Waals surface area (Å²) in [6.07, 6.45) is 6.88. The Hall–Kier alpha value is -5.97. The lowest BCUT2D eigenvalue weighted by Crippen LogP contribution is -2.70. The Morgan fingerprint density at radius 2 is 1.67 bits per heavy atom. The molecule has 1 fully saturated rings. The van der Waals surface area contributed by atoms with Crippen LogP contribution in [0.4, 0.5) is 15.3 Å². The maximum absolute atomic E-state index is 14.4. The summed E-state index contributed by atoms with van der Waals surface area (Å²) in [5.41, 5.74) is 2.73. The number of carbonyl (C=O) groups excluding carboxylic acids is 2. The standard InChI is InChI=1S/C50H63N3O13/c1-8-23-63-50-44(53(48(57)60-7)29-31-15-19-41-43(24-31)62-30-61-41)28-39(52-66-49(2,3)4)36-25-32(13-9-11-21-54)35(14-10-12-22-55)45(46(36)50)37-26-34(17-20-40(37)65-50)64-47(56)51-38-18-16-33(58-5)27-42(38)59-6/h8,15-20,24-27,32,35,44-46,54-55H,1,9-14,21-23,28-30H2,2-7H3,(H,51,56). The number of anilines is 1. The van der Waals surface area contributed by atoms with Gasteiger partial charge in [0.2, 0.25) is 12.6 Å². The van der Waals surface area contributed by atoms with Crippen LogP contribution in [0.2, 0.25) is 0 Å². The SMILES string of the molecule is C=CCOC12Oc3ccc(OC(=O)Nc4ccc(OC)cc4OC)cc3C3C(CCCCO)C(CCCCO)C=C(C(=NOC(C)(C)C)CC1N(Cc1ccc4c(c1)OCO4)C(=O)OC)C32. The Kier molecular flexibility index (Phi) is 15.3. The third-order valence-electron chi connectivity index (χ3n) is 12.5. The van der Waals surface area contributed by atoms with Crippen LogP contribution in [0.15, 0.2) is 84.1 Å². The van der Waals surface area contributed by atoms with E-state index in [0.29, 0.717) is 59.4 Å². The second-order valence-corrected chi connectivity index (χ2v) is 17.8. The van der Waals surface area contributed by atoms with Crippen LogP contribution in [0, 0.1) is 17.8 Å². The molecule has 0 radical (unpaired) electrons. The van der Waals surface area contributed by atoms with Crippen LogP contribution in [-0.2, 0) is 20.9 Å². The molecular formula is C50H63N3O13. The number of oxime groups is 1. The van der Waals surface area contributed by atoms with E-state index >= 15 is 0 Å². The number of aliphatic hydroxyl groups excluding tert-OH is 2. The molecule has 3 aromatic carbocycles. The van der Waals surface area contributed by atoms with E-state index in [4.69, 9.17) is 47.9 Å². The number of aliphatic hydroxyl groups is 2. The van der Waals surface area contributed by atoms with Crippen LogP contribution in [0.1, 0.15) is 82.8 Å². The van der Waals surface area contributed by atoms with Gasteiger partial charge in [0.05, 0.1) is 45.3 Å². The first kappa shape index (κ1) is 48.0. The van der Waals surface area contributed by atoms with Gasteiger partial charge in [-0.05, 0) is 112 Å². The molecule has 3 aromatic rings. The van der Waals surface area contributed by atoms with Gasteiger partial charge in [-0.3, -0.25) is 10.2 Å². The molecule has 7 rings (SSSR count). The zero-order chi connectivity index (χ0) is 47.0. The molecule has 2 aliphatic carbocycles. The number of fused-ring (bicyclic) bond motifs is 3. The van der Waals surface area contributed by atoms with Crippen molar-refractivity contribution in [2.45, 2.75) is 95.6 Å². The summed E-state index contributed by atoms with van der Waals surface area (Å²) in [6, 6.07) is 15.0. The molecule has 6 atom stereocenters. The summed E-state index contributed by atoms with van der Waals surface area (Å²) >= 11 is 0. The summed E-state index contributed by atoms with van der Waals surface area (Å²) in [7, 11) is 4.38. The zero-order valence-electron chi connectivity index (χ0n) is 38.7. The highest BCUT2D eigenvalue weighted by atomic mass is 16.7. The summed E-state index contributed by atoms with van der Waals surface area (Å²) in [6.45, 7) is 10.1. The van der Waals surface area contributed by atoms with Crippen molar-refractivity contribution in [2.75, 3.05) is 53.3 Å². The normalized spacial score (nSPS) is 23.1. The van der Waals surface area contributed by atoms with Crippen molar-refractivity contribution in [3.8, 4) is 34.5 Å². The number of nitrogens with zero attached hydrogens (tertiary/aromatic N) is 2. The topological polar surface area (TPSA) is 185 Å². The van der Waals surface area contributed by atoms with Crippen LogP contribution >= 0.6 is 0 Å². The third kappa shape index (κ3) is 10.4. The summed E-state index contributed by atoms with van der Waals surface area (Å²) in [4.78, 5) is 35.8. The van der Waals surface area contributed by atoms with E-state index in [0.717, 1.165) is 36.0 Å². The number of unbranched alkanes of at least 4 members (excludes halogenated alkanes) is 2. The number of benzene rings is 3. The molecule has 3 N–H and O–H groups in total. The third-order valence-corrected chi connectivity index (χ3v) is 12.5. The van der Waals surface area contributed by atoms with Gasteiger partial charge in [0.25, 0.3) is 0 Å². The molecule has 1 saturated carbocycles. The molecule has 356 valence electrons. The molecule has 16 nitrogen and oxygen atoms in total. The van der Waals surface area contributed by atoms with Gasteiger partial charge in [-0.2, -0.15) is 0 Å². The number of methoxy groups -OCH3 is 3. The number of allylic oxidation sites excluding steroid dienone is 1. The molecular weight excluding hydrogens is 851 g/mol. The largest absolute Gasteiger partial charge is 0.497 e. The molecule has 0 saturated heterocycles. The smallest absolute Gasteiger partial charge is 0.417 e. The maximum atomic E-state index is 14.4. The van der Waals surface area contributed by atoms with Gasteiger partial charge in [-0.15, -0.1) is 6.58 Å². The number of ether oxygens (including phenoxy) is 8. The maximum Gasteiger partial charge on any atom is 0.417 e. The molecule has 4 aliphatic rings. The highest BCUT2D eigenvalue weighted by molar-refractivity contribution is 6.03. The first-order valence-electron chi connectivity index (χ1n) is 22.6. The molecule has 0 spiro atoms. The van der Waals surface area contributed by atoms with Gasteiger partial charge in [-0.25, -0.2) is 9.59 Å². The monoisotopic (exact) mass is 913 g/mol. The van der Waals surface area contributed by atoms with Crippen molar-refractivity contribution >= 4 is 23.6 Å². The fourth-order valence-electron chi connectivity index (χ4n) is 9.70. The Bertz CT molecular complexity index is 2270. The average molecular weight is 914 g/mol. The summed E-state index contributed by atoms with van der Waals surface area (Å²) in [5, 5.41) is 27.6. The minimum absolute atomic E-state index is 0.0216. The zero-order valence-corrected chi connectivity index (χ0v) is 38.7. The molecule has 6 unspecified atom stereocenters. The van der Waals surface area contributed by atoms with Gasteiger partial charge in [-0.1, -0.05) is 36.2 Å². The predicted molar refractivity (Wildman–Crippen MR) is 246 cm³/mol. The highest BCUT2D eigenvalue weighted by Gasteiger charge is 2.65. The Morgan fingerprint density at radius 3 is 2.38 bits per heavy atom. The minimum Gasteiger partial charge on any atom is -0.497 e. The van der Waals surface area contributed by atoms with E-state index in [1.54, 1.807) is 48.4 Å². The van der Waals surface area contributed by atoms with E-state index in [2.05, 4.69) is 18.0 Å². The summed E-state index contributed by atoms with van der Waals surface area (Å²) < 4.78 is 48.1. The second-order valence-electron chi connectivity index (χ2n) is 17.8. The number of amides is 2. The predicted octanol–water partition coefficient (Wildman–Crippen LogP) is 8.74. The van der Waals surface area contributed by atoms with Crippen LogP contribution in [0.25, 0.3) is 0 Å². The van der Waals surface area contributed by atoms with Crippen LogP contribution in [0.3, 0.4) is 0 Å². The lowest BCUT2D eigenvalue weighted by Gasteiger charge is -2.59. The molecule has 16 heteroatoms. The van der Waals surface area contributed by atoms with Crippen molar-refractivity contribution in [1.29, 1.82) is 0 Å². The van der Waals surface area contributed by atoms with E-state index in [-0.39, 0.29) is 63.1 Å². The quantitative estimate of drug-likeness (QED) is 0.0590. The molecule has 2 heterocycles. The highest BCUT2D eigenvalue weighted by Crippen LogP contribution is 2.62. The van der Waals surface area contributed by atoms with Crippen molar-refractivity contribution in [1.82, 2.24) is 4.90 Å². The number of carbonyl (C=O) groups is 2. The first-order valence-corrected chi connectivity index (χ1v) is 22.6. The van der Waals surface area contributed by atoms with Crippen molar-refractivity contribution in [3.63, 3.8) is 0 Å². The van der Waals surface area contributed by atoms with Gasteiger partial charge in [0.15, 0.2) is 11.5 Å². The number of hydrogen-bond acceptors (Lipinski definition) is 14. The number of rotatable bonds is 19.